The predicted octanol–water partition coefficient (Wildman–Crippen LogP) is 1.09. The molecule has 1 fully saturated rings. The summed E-state index contributed by atoms with van der Waals surface area (Å²) in [4.78, 5) is 11.2. The third kappa shape index (κ3) is 0.647. The van der Waals surface area contributed by atoms with Gasteiger partial charge in [-0.2, -0.15) is 0 Å². The lowest BCUT2D eigenvalue weighted by Gasteiger charge is -2.39. The Morgan fingerprint density at radius 2 is 2.27 bits per heavy atom. The van der Waals surface area contributed by atoms with Gasteiger partial charge in [-0.3, -0.25) is 4.79 Å². The standard InChI is InChI=1S/C9H13NO/c1-5-4-9(3)7(5)6(2)8(11)10-9/h4,6-7H,1-3H3,(H,10,11)/t6-,7?,9?/m0/s1. The zero-order chi connectivity index (χ0) is 8.22. The molecule has 0 saturated carbocycles. The van der Waals surface area contributed by atoms with Crippen molar-refractivity contribution in [3.63, 3.8) is 0 Å². The van der Waals surface area contributed by atoms with Gasteiger partial charge in [0.15, 0.2) is 0 Å². The zero-order valence-electron chi connectivity index (χ0n) is 7.14. The van der Waals surface area contributed by atoms with Crippen molar-refractivity contribution in [3.05, 3.63) is 11.6 Å². The Morgan fingerprint density at radius 3 is 2.64 bits per heavy atom. The first-order valence-corrected chi connectivity index (χ1v) is 4.06. The van der Waals surface area contributed by atoms with Crippen molar-refractivity contribution in [2.45, 2.75) is 26.3 Å². The average Bonchev–Trinajstić information content (AvgIpc) is 2.00. The summed E-state index contributed by atoms with van der Waals surface area (Å²) in [5.41, 5.74) is 1.35. The molecule has 0 aromatic carbocycles. The van der Waals surface area contributed by atoms with E-state index in [1.807, 2.05) is 6.92 Å². The van der Waals surface area contributed by atoms with Gasteiger partial charge < -0.3 is 5.32 Å². The largest absolute Gasteiger partial charge is 0.347 e. The van der Waals surface area contributed by atoms with Crippen molar-refractivity contribution < 1.29 is 4.79 Å². The number of amides is 1. The predicted molar refractivity (Wildman–Crippen MR) is 43.0 cm³/mol. The highest BCUT2D eigenvalue weighted by molar-refractivity contribution is 5.85. The summed E-state index contributed by atoms with van der Waals surface area (Å²) in [5.74, 6) is 0.825. The molecule has 1 aliphatic heterocycles. The first-order valence-electron chi connectivity index (χ1n) is 4.06. The number of hydrogen-bond acceptors (Lipinski definition) is 1. The maximum Gasteiger partial charge on any atom is 0.224 e. The fraction of sp³-hybridized carbons (Fsp3) is 0.667. The molecule has 1 N–H and O–H groups in total. The van der Waals surface area contributed by atoms with Crippen molar-refractivity contribution in [3.8, 4) is 0 Å². The molecule has 2 aliphatic rings. The Bertz CT molecular complexity index is 256. The van der Waals surface area contributed by atoms with Crippen LogP contribution in [0, 0.1) is 11.8 Å². The lowest BCUT2D eigenvalue weighted by Crippen LogP contribution is -2.47. The number of rotatable bonds is 0. The van der Waals surface area contributed by atoms with Crippen LogP contribution in [-0.4, -0.2) is 11.4 Å². The minimum Gasteiger partial charge on any atom is -0.347 e. The molecule has 60 valence electrons. The van der Waals surface area contributed by atoms with E-state index in [4.69, 9.17) is 0 Å². The summed E-state index contributed by atoms with van der Waals surface area (Å²) in [6.07, 6.45) is 2.15. The van der Waals surface area contributed by atoms with E-state index in [-0.39, 0.29) is 17.4 Å². The zero-order valence-corrected chi connectivity index (χ0v) is 7.14. The van der Waals surface area contributed by atoms with Crippen LogP contribution in [0.25, 0.3) is 0 Å². The fourth-order valence-corrected chi connectivity index (χ4v) is 2.59. The molecule has 0 spiro atoms. The van der Waals surface area contributed by atoms with Crippen LogP contribution < -0.4 is 5.32 Å². The molecule has 0 bridgehead atoms. The van der Waals surface area contributed by atoms with E-state index in [2.05, 4.69) is 25.2 Å². The smallest absolute Gasteiger partial charge is 0.224 e. The van der Waals surface area contributed by atoms with E-state index in [1.54, 1.807) is 0 Å². The van der Waals surface area contributed by atoms with Crippen LogP contribution in [0.5, 0.6) is 0 Å². The molecule has 1 amide bonds. The second-order valence-electron chi connectivity index (χ2n) is 3.93. The molecule has 2 rings (SSSR count). The van der Waals surface area contributed by atoms with E-state index in [0.717, 1.165) is 0 Å². The molecule has 2 unspecified atom stereocenters. The van der Waals surface area contributed by atoms with Gasteiger partial charge in [0.05, 0.1) is 5.54 Å². The number of hydrogen-bond donors (Lipinski definition) is 1. The Labute approximate surface area is 66.7 Å². The maximum absolute atomic E-state index is 11.2. The third-order valence-electron chi connectivity index (χ3n) is 2.97. The Hall–Kier alpha value is -0.790. The van der Waals surface area contributed by atoms with Gasteiger partial charge in [-0.25, -0.2) is 0 Å². The Balaban J connectivity index is 2.36. The van der Waals surface area contributed by atoms with Crippen LogP contribution in [0.3, 0.4) is 0 Å². The Morgan fingerprint density at radius 1 is 1.64 bits per heavy atom. The molecule has 2 heteroatoms. The van der Waals surface area contributed by atoms with Crippen molar-refractivity contribution >= 4 is 5.91 Å². The molecule has 1 aliphatic carbocycles. The molecule has 1 heterocycles. The molecule has 0 aromatic heterocycles. The molecule has 1 saturated heterocycles. The van der Waals surface area contributed by atoms with E-state index in [0.29, 0.717) is 5.92 Å². The lowest BCUT2D eigenvalue weighted by molar-refractivity contribution is -0.122. The maximum atomic E-state index is 11.2. The van der Waals surface area contributed by atoms with Crippen molar-refractivity contribution in [1.29, 1.82) is 0 Å². The molecule has 0 aromatic rings. The topological polar surface area (TPSA) is 29.1 Å². The molecular weight excluding hydrogens is 138 g/mol. The van der Waals surface area contributed by atoms with E-state index in [1.165, 1.54) is 5.57 Å². The first-order chi connectivity index (χ1) is 5.04. The highest BCUT2D eigenvalue weighted by atomic mass is 16.2. The van der Waals surface area contributed by atoms with Crippen LogP contribution in [0.1, 0.15) is 20.8 Å². The van der Waals surface area contributed by atoms with E-state index < -0.39 is 0 Å². The average molecular weight is 151 g/mol. The summed E-state index contributed by atoms with van der Waals surface area (Å²) >= 11 is 0. The van der Waals surface area contributed by atoms with Gasteiger partial charge in [0.2, 0.25) is 5.91 Å². The van der Waals surface area contributed by atoms with Gasteiger partial charge in [-0.1, -0.05) is 18.6 Å². The van der Waals surface area contributed by atoms with Gasteiger partial charge in [-0.15, -0.1) is 0 Å². The van der Waals surface area contributed by atoms with Gasteiger partial charge in [0.1, 0.15) is 0 Å². The number of carbonyl (C=O) groups is 1. The highest BCUT2D eigenvalue weighted by Crippen LogP contribution is 2.46. The number of fused-ring (bicyclic) bond motifs is 1. The fourth-order valence-electron chi connectivity index (χ4n) is 2.59. The normalized spacial score (nSPS) is 47.5. The highest BCUT2D eigenvalue weighted by Gasteiger charge is 2.52. The molecule has 2 nitrogen and oxygen atoms in total. The van der Waals surface area contributed by atoms with E-state index in [9.17, 15) is 4.79 Å². The minimum absolute atomic E-state index is 0.0133. The summed E-state index contributed by atoms with van der Waals surface area (Å²) < 4.78 is 0. The van der Waals surface area contributed by atoms with Crippen LogP contribution in [0.4, 0.5) is 0 Å². The Kier molecular flexibility index (Phi) is 1.05. The number of nitrogens with one attached hydrogen (secondary N) is 1. The number of carbonyl (C=O) groups excluding carboxylic acids is 1. The van der Waals surface area contributed by atoms with E-state index >= 15 is 0 Å². The van der Waals surface area contributed by atoms with Crippen LogP contribution in [0.15, 0.2) is 11.6 Å². The van der Waals surface area contributed by atoms with Gasteiger partial charge in [0.25, 0.3) is 0 Å². The summed E-state index contributed by atoms with van der Waals surface area (Å²) in [7, 11) is 0. The summed E-state index contributed by atoms with van der Waals surface area (Å²) in [6, 6.07) is 0. The second-order valence-corrected chi connectivity index (χ2v) is 3.93. The van der Waals surface area contributed by atoms with Crippen LogP contribution in [-0.2, 0) is 4.79 Å². The minimum atomic E-state index is -0.0133. The van der Waals surface area contributed by atoms with Gasteiger partial charge >= 0.3 is 0 Å². The monoisotopic (exact) mass is 151 g/mol. The molecule has 0 radical (unpaired) electrons. The van der Waals surface area contributed by atoms with Crippen LogP contribution >= 0.6 is 0 Å². The van der Waals surface area contributed by atoms with Crippen molar-refractivity contribution in [2.75, 3.05) is 0 Å². The quantitative estimate of drug-likeness (QED) is 0.516. The third-order valence-corrected chi connectivity index (χ3v) is 2.97. The molecule has 3 atom stereocenters. The summed E-state index contributed by atoms with van der Waals surface area (Å²) in [6.45, 7) is 6.19. The first kappa shape index (κ1) is 6.89. The van der Waals surface area contributed by atoms with Crippen LogP contribution in [0.2, 0.25) is 0 Å². The van der Waals surface area contributed by atoms with Gasteiger partial charge in [-0.05, 0) is 13.8 Å². The van der Waals surface area contributed by atoms with Crippen molar-refractivity contribution in [1.82, 2.24) is 5.32 Å². The molecular formula is C9H13NO. The van der Waals surface area contributed by atoms with Gasteiger partial charge in [0, 0.05) is 11.8 Å². The van der Waals surface area contributed by atoms with Crippen molar-refractivity contribution in [2.24, 2.45) is 11.8 Å². The second kappa shape index (κ2) is 1.68. The lowest BCUT2D eigenvalue weighted by atomic mass is 9.68. The SMILES string of the molecule is CC1=CC2(C)NC(=O)[C@@H](C)C12. The summed E-state index contributed by atoms with van der Waals surface area (Å²) in [5, 5.41) is 2.99. The molecule has 11 heavy (non-hydrogen) atoms.